The fraction of sp³-hybridized carbons (Fsp3) is 0.440. The van der Waals surface area contributed by atoms with Gasteiger partial charge in [-0.25, -0.2) is 0 Å². The van der Waals surface area contributed by atoms with Crippen molar-refractivity contribution >= 4 is 45.4 Å². The van der Waals surface area contributed by atoms with Crippen LogP contribution in [0.5, 0.6) is 0 Å². The SMILES string of the molecule is CCn1c2ccccc2c2cc(SCC(NC(C)=O)C(=O)N3CCCCCC3)ccc21. The van der Waals surface area contributed by atoms with Gasteiger partial charge in [0.1, 0.15) is 6.04 Å². The van der Waals surface area contributed by atoms with E-state index in [1.165, 1.54) is 41.6 Å². The second-order valence-corrected chi connectivity index (χ2v) is 9.34. The van der Waals surface area contributed by atoms with E-state index in [0.717, 1.165) is 37.4 Å². The lowest BCUT2D eigenvalue weighted by molar-refractivity contribution is -0.135. The maximum absolute atomic E-state index is 13.1. The molecule has 0 bridgehead atoms. The number of para-hydroxylation sites is 1. The monoisotopic (exact) mass is 437 g/mol. The average molecular weight is 438 g/mol. The summed E-state index contributed by atoms with van der Waals surface area (Å²) in [7, 11) is 0. The standard InChI is InChI=1S/C25H31N3O2S/c1-3-28-23-11-7-6-10-20(23)21-16-19(12-13-24(21)28)31-17-22(26-18(2)29)25(30)27-14-8-4-5-9-15-27/h6-7,10-13,16,22H,3-5,8-9,14-15,17H2,1-2H3,(H,26,29). The third kappa shape index (κ3) is 4.74. The van der Waals surface area contributed by atoms with Crippen LogP contribution >= 0.6 is 11.8 Å². The number of carbonyl (C=O) groups excluding carboxylic acids is 2. The third-order valence-corrected chi connectivity index (χ3v) is 7.16. The molecule has 0 radical (unpaired) electrons. The lowest BCUT2D eigenvalue weighted by atomic mass is 10.1. The molecule has 0 saturated carbocycles. The topological polar surface area (TPSA) is 54.3 Å². The summed E-state index contributed by atoms with van der Waals surface area (Å²) < 4.78 is 2.34. The number of rotatable bonds is 6. The molecular formula is C25H31N3O2S. The average Bonchev–Trinajstić information content (AvgIpc) is 2.91. The van der Waals surface area contributed by atoms with Crippen molar-refractivity contribution < 1.29 is 9.59 Å². The molecule has 1 aliphatic rings. The number of thioether (sulfide) groups is 1. The highest BCUT2D eigenvalue weighted by molar-refractivity contribution is 7.99. The molecule has 1 fully saturated rings. The van der Waals surface area contributed by atoms with Crippen LogP contribution in [0.15, 0.2) is 47.4 Å². The molecule has 4 rings (SSSR count). The number of hydrogen-bond acceptors (Lipinski definition) is 3. The number of benzene rings is 2. The van der Waals surface area contributed by atoms with Crippen molar-refractivity contribution in [3.05, 3.63) is 42.5 Å². The molecule has 2 amide bonds. The van der Waals surface area contributed by atoms with Crippen molar-refractivity contribution in [1.29, 1.82) is 0 Å². The van der Waals surface area contributed by atoms with Gasteiger partial charge in [-0.15, -0.1) is 11.8 Å². The van der Waals surface area contributed by atoms with Gasteiger partial charge in [-0.05, 0) is 44.0 Å². The first kappa shape index (κ1) is 21.8. The molecule has 0 spiro atoms. The van der Waals surface area contributed by atoms with Gasteiger partial charge in [0.15, 0.2) is 0 Å². The zero-order valence-corrected chi connectivity index (χ0v) is 19.2. The Morgan fingerprint density at radius 1 is 1.00 bits per heavy atom. The van der Waals surface area contributed by atoms with Gasteiger partial charge >= 0.3 is 0 Å². The number of aryl methyl sites for hydroxylation is 1. The number of nitrogens with one attached hydrogen (secondary N) is 1. The van der Waals surface area contributed by atoms with E-state index in [2.05, 4.69) is 59.3 Å². The summed E-state index contributed by atoms with van der Waals surface area (Å²) >= 11 is 1.64. The summed E-state index contributed by atoms with van der Waals surface area (Å²) in [6, 6.07) is 14.5. The molecule has 1 aromatic heterocycles. The molecule has 5 nitrogen and oxygen atoms in total. The molecule has 1 atom stereocenters. The zero-order chi connectivity index (χ0) is 21.8. The van der Waals surface area contributed by atoms with Gasteiger partial charge in [-0.3, -0.25) is 9.59 Å². The number of likely N-dealkylation sites (tertiary alicyclic amines) is 1. The van der Waals surface area contributed by atoms with E-state index in [9.17, 15) is 9.59 Å². The fourth-order valence-corrected chi connectivity index (χ4v) is 5.52. The Bertz CT molecular complexity index is 1080. The van der Waals surface area contributed by atoms with Gasteiger partial charge in [-0.1, -0.05) is 31.0 Å². The molecule has 1 aliphatic heterocycles. The molecule has 3 aromatic rings. The van der Waals surface area contributed by atoms with Crippen LogP contribution in [0.1, 0.15) is 39.5 Å². The first-order valence-corrected chi connectivity index (χ1v) is 12.3. The normalized spacial score (nSPS) is 15.7. The molecule has 6 heteroatoms. The van der Waals surface area contributed by atoms with Crippen LogP contribution < -0.4 is 5.32 Å². The summed E-state index contributed by atoms with van der Waals surface area (Å²) in [5, 5.41) is 5.38. The van der Waals surface area contributed by atoms with Gasteiger partial charge in [0.25, 0.3) is 0 Å². The van der Waals surface area contributed by atoms with Crippen molar-refractivity contribution in [3.8, 4) is 0 Å². The lowest BCUT2D eigenvalue weighted by Gasteiger charge is -2.26. The second kappa shape index (κ2) is 9.77. The van der Waals surface area contributed by atoms with Crippen molar-refractivity contribution in [1.82, 2.24) is 14.8 Å². The van der Waals surface area contributed by atoms with Gasteiger partial charge in [0, 0.05) is 59.0 Å². The van der Waals surface area contributed by atoms with E-state index in [4.69, 9.17) is 0 Å². The van der Waals surface area contributed by atoms with Gasteiger partial charge in [0.2, 0.25) is 11.8 Å². The van der Waals surface area contributed by atoms with E-state index >= 15 is 0 Å². The minimum atomic E-state index is -0.492. The third-order valence-electron chi connectivity index (χ3n) is 6.07. The maximum atomic E-state index is 13.1. The highest BCUT2D eigenvalue weighted by Gasteiger charge is 2.26. The van der Waals surface area contributed by atoms with Crippen molar-refractivity contribution in [2.75, 3.05) is 18.8 Å². The smallest absolute Gasteiger partial charge is 0.246 e. The number of carbonyl (C=O) groups is 2. The Balaban J connectivity index is 1.55. The molecule has 31 heavy (non-hydrogen) atoms. The lowest BCUT2D eigenvalue weighted by Crippen LogP contribution is -2.49. The highest BCUT2D eigenvalue weighted by atomic mass is 32.2. The van der Waals surface area contributed by atoms with E-state index < -0.39 is 6.04 Å². The van der Waals surface area contributed by atoms with Crippen LogP contribution in [0.2, 0.25) is 0 Å². The zero-order valence-electron chi connectivity index (χ0n) is 18.4. The van der Waals surface area contributed by atoms with Gasteiger partial charge < -0.3 is 14.8 Å². The van der Waals surface area contributed by atoms with E-state index in [-0.39, 0.29) is 11.8 Å². The predicted octanol–water partition coefficient (Wildman–Crippen LogP) is 4.81. The fourth-order valence-electron chi connectivity index (χ4n) is 4.57. The van der Waals surface area contributed by atoms with Crippen molar-refractivity contribution in [2.45, 2.75) is 57.0 Å². The summed E-state index contributed by atoms with van der Waals surface area (Å²) in [5.74, 6) is 0.427. The van der Waals surface area contributed by atoms with Crippen molar-refractivity contribution in [3.63, 3.8) is 0 Å². The van der Waals surface area contributed by atoms with Crippen LogP contribution in [-0.4, -0.2) is 46.2 Å². The molecule has 164 valence electrons. The summed E-state index contributed by atoms with van der Waals surface area (Å²) in [6.45, 7) is 6.16. The molecule has 1 saturated heterocycles. The molecule has 1 N–H and O–H groups in total. The van der Waals surface area contributed by atoms with Crippen LogP contribution in [0, 0.1) is 0 Å². The number of nitrogens with zero attached hydrogens (tertiary/aromatic N) is 2. The largest absolute Gasteiger partial charge is 0.344 e. The van der Waals surface area contributed by atoms with E-state index in [0.29, 0.717) is 5.75 Å². The first-order valence-electron chi connectivity index (χ1n) is 11.3. The number of hydrogen-bond donors (Lipinski definition) is 1. The van der Waals surface area contributed by atoms with Crippen LogP contribution in [-0.2, 0) is 16.1 Å². The van der Waals surface area contributed by atoms with E-state index in [1.807, 2.05) is 4.90 Å². The van der Waals surface area contributed by atoms with Crippen LogP contribution in [0.25, 0.3) is 21.8 Å². The highest BCUT2D eigenvalue weighted by Crippen LogP contribution is 2.32. The molecule has 2 heterocycles. The Morgan fingerprint density at radius 2 is 1.71 bits per heavy atom. The van der Waals surface area contributed by atoms with Crippen LogP contribution in [0.3, 0.4) is 0 Å². The summed E-state index contributed by atoms with van der Waals surface area (Å²) in [6.07, 6.45) is 4.44. The van der Waals surface area contributed by atoms with Crippen LogP contribution in [0.4, 0.5) is 0 Å². The number of amides is 2. The molecule has 0 aliphatic carbocycles. The van der Waals surface area contributed by atoms with Gasteiger partial charge in [0.05, 0.1) is 0 Å². The molecule has 2 aromatic carbocycles. The maximum Gasteiger partial charge on any atom is 0.246 e. The Morgan fingerprint density at radius 3 is 2.42 bits per heavy atom. The molecule has 1 unspecified atom stereocenters. The van der Waals surface area contributed by atoms with E-state index in [1.54, 1.807) is 11.8 Å². The number of fused-ring (bicyclic) bond motifs is 3. The minimum absolute atomic E-state index is 0.0493. The second-order valence-electron chi connectivity index (χ2n) is 8.24. The number of aromatic nitrogens is 1. The predicted molar refractivity (Wildman–Crippen MR) is 128 cm³/mol. The minimum Gasteiger partial charge on any atom is -0.344 e. The van der Waals surface area contributed by atoms with Gasteiger partial charge in [-0.2, -0.15) is 0 Å². The summed E-state index contributed by atoms with van der Waals surface area (Å²) in [4.78, 5) is 28.0. The Labute approximate surface area is 188 Å². The van der Waals surface area contributed by atoms with Crippen molar-refractivity contribution in [2.24, 2.45) is 0 Å². The Hall–Kier alpha value is -2.47. The quantitative estimate of drug-likeness (QED) is 0.563. The molecular weight excluding hydrogens is 406 g/mol. The summed E-state index contributed by atoms with van der Waals surface area (Å²) in [5.41, 5.74) is 2.47. The first-order chi connectivity index (χ1) is 15.1. The Kier molecular flexibility index (Phi) is 6.86.